The Morgan fingerprint density at radius 3 is 2.89 bits per heavy atom. The van der Waals surface area contributed by atoms with Crippen LogP contribution in [-0.4, -0.2) is 17.6 Å². The molecule has 18 heavy (non-hydrogen) atoms. The molecule has 0 amide bonds. The van der Waals surface area contributed by atoms with Crippen LogP contribution in [0.4, 0.5) is 0 Å². The molecule has 0 spiro atoms. The van der Waals surface area contributed by atoms with Gasteiger partial charge >= 0.3 is 0 Å². The van der Waals surface area contributed by atoms with Crippen molar-refractivity contribution in [3.63, 3.8) is 0 Å². The monoisotopic (exact) mass is 262 g/mol. The molecular weight excluding hydrogens is 240 g/mol. The Morgan fingerprint density at radius 2 is 2.28 bits per heavy atom. The van der Waals surface area contributed by atoms with Crippen LogP contribution < -0.4 is 5.32 Å². The number of hydrogen-bond donors (Lipinski definition) is 1. The standard InChI is InChI=1S/C15H22N2S/c1-2-12-7-11(1)8-15(12,10-17-13-3-4-13)9-14-16-5-6-18-14/h5-6,11-13,17H,1-4,7-10H2. The summed E-state index contributed by atoms with van der Waals surface area (Å²) in [4.78, 5) is 4.54. The third kappa shape index (κ3) is 2.01. The summed E-state index contributed by atoms with van der Waals surface area (Å²) in [6.45, 7) is 1.25. The van der Waals surface area contributed by atoms with Crippen LogP contribution in [0.1, 0.15) is 43.5 Å². The quantitative estimate of drug-likeness (QED) is 0.881. The zero-order valence-electron chi connectivity index (χ0n) is 10.9. The van der Waals surface area contributed by atoms with Gasteiger partial charge in [0.05, 0.1) is 5.01 Å². The van der Waals surface area contributed by atoms with Crippen molar-refractivity contribution in [2.45, 2.75) is 51.0 Å². The van der Waals surface area contributed by atoms with E-state index in [0.717, 1.165) is 17.9 Å². The van der Waals surface area contributed by atoms with Crippen molar-refractivity contribution in [2.75, 3.05) is 6.54 Å². The van der Waals surface area contributed by atoms with Gasteiger partial charge in [0.1, 0.15) is 0 Å². The van der Waals surface area contributed by atoms with Crippen molar-refractivity contribution < 1.29 is 0 Å². The molecule has 1 heterocycles. The summed E-state index contributed by atoms with van der Waals surface area (Å²) in [6, 6.07) is 0.845. The Labute approximate surface area is 113 Å². The van der Waals surface area contributed by atoms with Gasteiger partial charge < -0.3 is 5.32 Å². The van der Waals surface area contributed by atoms with Crippen molar-refractivity contribution in [1.82, 2.24) is 10.3 Å². The van der Waals surface area contributed by atoms with Crippen LogP contribution in [0.3, 0.4) is 0 Å². The maximum atomic E-state index is 4.54. The van der Waals surface area contributed by atoms with Gasteiger partial charge in [-0.15, -0.1) is 11.3 Å². The fourth-order valence-corrected chi connectivity index (χ4v) is 5.10. The van der Waals surface area contributed by atoms with E-state index in [-0.39, 0.29) is 0 Å². The van der Waals surface area contributed by atoms with Gasteiger partial charge in [-0.05, 0) is 49.4 Å². The van der Waals surface area contributed by atoms with Gasteiger partial charge in [-0.1, -0.05) is 6.42 Å². The first-order valence-electron chi connectivity index (χ1n) is 7.46. The zero-order chi connectivity index (χ0) is 12.0. The molecule has 0 aromatic carbocycles. The minimum Gasteiger partial charge on any atom is -0.313 e. The van der Waals surface area contributed by atoms with Gasteiger partial charge in [0.15, 0.2) is 0 Å². The van der Waals surface area contributed by atoms with E-state index in [2.05, 4.69) is 15.7 Å². The lowest BCUT2D eigenvalue weighted by atomic mass is 9.71. The highest BCUT2D eigenvalue weighted by Crippen LogP contribution is 2.57. The van der Waals surface area contributed by atoms with Gasteiger partial charge in [0, 0.05) is 30.6 Å². The average molecular weight is 262 g/mol. The van der Waals surface area contributed by atoms with E-state index in [1.165, 1.54) is 56.5 Å². The molecule has 3 atom stereocenters. The largest absolute Gasteiger partial charge is 0.313 e. The topological polar surface area (TPSA) is 24.9 Å². The normalized spacial score (nSPS) is 38.4. The second-order valence-corrected chi connectivity index (χ2v) is 7.68. The lowest BCUT2D eigenvalue weighted by Gasteiger charge is -2.37. The van der Waals surface area contributed by atoms with Gasteiger partial charge in [-0.25, -0.2) is 4.98 Å². The minimum absolute atomic E-state index is 0.545. The molecule has 3 aliphatic rings. The van der Waals surface area contributed by atoms with E-state index in [9.17, 15) is 0 Å². The van der Waals surface area contributed by atoms with Gasteiger partial charge in [0.2, 0.25) is 0 Å². The Morgan fingerprint density at radius 1 is 1.33 bits per heavy atom. The summed E-state index contributed by atoms with van der Waals surface area (Å²) >= 11 is 1.85. The summed E-state index contributed by atoms with van der Waals surface area (Å²) < 4.78 is 0. The fourth-order valence-electron chi connectivity index (χ4n) is 4.33. The van der Waals surface area contributed by atoms with E-state index in [0.29, 0.717) is 5.41 Å². The Balaban J connectivity index is 1.52. The molecule has 98 valence electrons. The second kappa shape index (κ2) is 4.31. The second-order valence-electron chi connectivity index (χ2n) is 6.70. The third-order valence-electron chi connectivity index (χ3n) is 5.41. The average Bonchev–Trinajstić information content (AvgIpc) is 2.80. The van der Waals surface area contributed by atoms with Crippen LogP contribution in [0.2, 0.25) is 0 Å². The maximum absolute atomic E-state index is 4.54. The molecule has 2 bridgehead atoms. The highest BCUT2D eigenvalue weighted by Gasteiger charge is 2.51. The van der Waals surface area contributed by atoms with E-state index >= 15 is 0 Å². The molecule has 2 nitrogen and oxygen atoms in total. The summed E-state index contributed by atoms with van der Waals surface area (Å²) in [5, 5.41) is 7.30. The Hall–Kier alpha value is -0.410. The first-order valence-corrected chi connectivity index (χ1v) is 8.34. The summed E-state index contributed by atoms with van der Waals surface area (Å²) in [5.41, 5.74) is 0.545. The highest BCUT2D eigenvalue weighted by molar-refractivity contribution is 7.09. The number of rotatable bonds is 5. The van der Waals surface area contributed by atoms with Gasteiger partial charge in [-0.2, -0.15) is 0 Å². The fraction of sp³-hybridized carbons (Fsp3) is 0.800. The zero-order valence-corrected chi connectivity index (χ0v) is 11.7. The number of fused-ring (bicyclic) bond motifs is 2. The maximum Gasteiger partial charge on any atom is 0.0930 e. The number of nitrogens with zero attached hydrogens (tertiary/aromatic N) is 1. The smallest absolute Gasteiger partial charge is 0.0930 e. The molecule has 1 N–H and O–H groups in total. The van der Waals surface area contributed by atoms with Crippen LogP contribution in [0.15, 0.2) is 11.6 Å². The Kier molecular flexibility index (Phi) is 2.73. The molecule has 3 heteroatoms. The summed E-state index contributed by atoms with van der Waals surface area (Å²) in [6.07, 6.45) is 11.9. The van der Waals surface area contributed by atoms with Crippen molar-refractivity contribution in [1.29, 1.82) is 0 Å². The number of aromatic nitrogens is 1. The molecule has 1 aromatic rings. The van der Waals surface area contributed by atoms with E-state index < -0.39 is 0 Å². The number of thiazole rings is 1. The lowest BCUT2D eigenvalue weighted by Crippen LogP contribution is -2.41. The van der Waals surface area contributed by atoms with Crippen LogP contribution in [0.25, 0.3) is 0 Å². The van der Waals surface area contributed by atoms with E-state index in [1.807, 2.05) is 17.5 Å². The SMILES string of the molecule is c1csc(CC2(CNC3CC3)CC3CCC2C3)n1. The molecule has 3 saturated carbocycles. The highest BCUT2D eigenvalue weighted by atomic mass is 32.1. The predicted octanol–water partition coefficient (Wildman–Crippen LogP) is 3.24. The molecule has 3 aliphatic carbocycles. The van der Waals surface area contributed by atoms with Crippen molar-refractivity contribution in [3.8, 4) is 0 Å². The lowest BCUT2D eigenvalue weighted by molar-refractivity contribution is 0.155. The molecule has 1 aromatic heterocycles. The molecule has 3 fully saturated rings. The number of hydrogen-bond acceptors (Lipinski definition) is 3. The first kappa shape index (κ1) is 11.4. The van der Waals surface area contributed by atoms with Gasteiger partial charge in [0.25, 0.3) is 0 Å². The van der Waals surface area contributed by atoms with Crippen molar-refractivity contribution in [3.05, 3.63) is 16.6 Å². The van der Waals surface area contributed by atoms with Crippen LogP contribution in [0, 0.1) is 17.3 Å². The first-order chi connectivity index (χ1) is 8.84. The molecule has 4 rings (SSSR count). The summed E-state index contributed by atoms with van der Waals surface area (Å²) in [5.74, 6) is 1.99. The van der Waals surface area contributed by atoms with E-state index in [4.69, 9.17) is 0 Å². The molecular formula is C15H22N2S. The number of nitrogens with one attached hydrogen (secondary N) is 1. The van der Waals surface area contributed by atoms with Crippen LogP contribution in [0.5, 0.6) is 0 Å². The predicted molar refractivity (Wildman–Crippen MR) is 74.7 cm³/mol. The van der Waals surface area contributed by atoms with Crippen LogP contribution >= 0.6 is 11.3 Å². The van der Waals surface area contributed by atoms with Crippen LogP contribution in [-0.2, 0) is 6.42 Å². The molecule has 0 saturated heterocycles. The molecule has 0 radical (unpaired) electrons. The van der Waals surface area contributed by atoms with Crippen molar-refractivity contribution >= 4 is 11.3 Å². The Bertz CT molecular complexity index is 412. The molecule has 3 unspecified atom stereocenters. The summed E-state index contributed by atoms with van der Waals surface area (Å²) in [7, 11) is 0. The minimum atomic E-state index is 0.545. The van der Waals surface area contributed by atoms with E-state index in [1.54, 1.807) is 0 Å². The van der Waals surface area contributed by atoms with Crippen molar-refractivity contribution in [2.24, 2.45) is 17.3 Å². The van der Waals surface area contributed by atoms with Gasteiger partial charge in [-0.3, -0.25) is 0 Å². The third-order valence-corrected chi connectivity index (χ3v) is 6.19. The molecule has 0 aliphatic heterocycles.